The van der Waals surface area contributed by atoms with Gasteiger partial charge in [0.1, 0.15) is 5.75 Å². The zero-order chi connectivity index (χ0) is 21.1. The van der Waals surface area contributed by atoms with Crippen LogP contribution in [-0.2, 0) is 14.9 Å². The van der Waals surface area contributed by atoms with Crippen LogP contribution in [0.25, 0.3) is 17.2 Å². The molecule has 0 fully saturated rings. The molecule has 2 rings (SSSR count). The molecule has 0 spiro atoms. The average molecular weight is 416 g/mol. The largest absolute Gasteiger partial charge is 0.534 e. The molecule has 148 valence electrons. The minimum Gasteiger partial charge on any atom is -0.376 e. The van der Waals surface area contributed by atoms with Crippen molar-refractivity contribution in [3.63, 3.8) is 0 Å². The summed E-state index contributed by atoms with van der Waals surface area (Å²) < 4.78 is 63.1. The summed E-state index contributed by atoms with van der Waals surface area (Å²) in [7, 11) is -5.82. The molecular weight excluding hydrogens is 405 g/mol. The van der Waals surface area contributed by atoms with Crippen molar-refractivity contribution >= 4 is 27.8 Å². The molecule has 0 aliphatic heterocycles. The van der Waals surface area contributed by atoms with Crippen molar-refractivity contribution in [2.45, 2.75) is 5.51 Å². The monoisotopic (exact) mass is 416 g/mol. The van der Waals surface area contributed by atoms with Crippen LogP contribution in [0.4, 0.5) is 18.9 Å². The van der Waals surface area contributed by atoms with Crippen molar-refractivity contribution in [2.75, 3.05) is 0 Å². The zero-order valence-corrected chi connectivity index (χ0v) is 14.5. The Balaban J connectivity index is 2.48. The van der Waals surface area contributed by atoms with Gasteiger partial charge in [0, 0.05) is 12.1 Å². The van der Waals surface area contributed by atoms with Gasteiger partial charge in [-0.1, -0.05) is 24.3 Å². The first-order chi connectivity index (χ1) is 12.9. The number of benzene rings is 2. The molecule has 2 N–H and O–H groups in total. The Morgan fingerprint density at radius 3 is 2.25 bits per heavy atom. The lowest BCUT2D eigenvalue weighted by Crippen LogP contribution is -2.28. The fraction of sp³-hybridized carbons (Fsp3) is 0.0625. The van der Waals surface area contributed by atoms with E-state index in [1.54, 1.807) is 0 Å². The first kappa shape index (κ1) is 20.9. The lowest BCUT2D eigenvalue weighted by atomic mass is 9.97. The quantitative estimate of drug-likeness (QED) is 0.253. The topological polar surface area (TPSA) is 130 Å². The molecule has 12 heteroatoms. The smallest absolute Gasteiger partial charge is 0.376 e. The van der Waals surface area contributed by atoms with Crippen LogP contribution >= 0.6 is 0 Å². The van der Waals surface area contributed by atoms with Gasteiger partial charge in [0.15, 0.2) is 0 Å². The highest BCUT2D eigenvalue weighted by molar-refractivity contribution is 7.88. The number of hydrogen-bond acceptors (Lipinski definition) is 6. The third-order valence-corrected chi connectivity index (χ3v) is 4.33. The van der Waals surface area contributed by atoms with E-state index in [0.717, 1.165) is 24.3 Å². The van der Waals surface area contributed by atoms with E-state index in [1.807, 2.05) is 0 Å². The molecule has 0 aliphatic carbocycles. The van der Waals surface area contributed by atoms with Crippen molar-refractivity contribution < 1.29 is 35.5 Å². The van der Waals surface area contributed by atoms with Crippen molar-refractivity contribution in [3.8, 4) is 16.9 Å². The van der Waals surface area contributed by atoms with Crippen LogP contribution in [0.1, 0.15) is 5.56 Å². The maximum Gasteiger partial charge on any atom is 0.534 e. The van der Waals surface area contributed by atoms with E-state index in [0.29, 0.717) is 5.56 Å². The number of nitro benzene ring substituents is 1. The van der Waals surface area contributed by atoms with Crippen LogP contribution in [0.3, 0.4) is 0 Å². The third kappa shape index (κ3) is 4.65. The summed E-state index contributed by atoms with van der Waals surface area (Å²) in [5, 5.41) is 11.2. The van der Waals surface area contributed by atoms with Gasteiger partial charge in [-0.3, -0.25) is 14.9 Å². The molecule has 1 amide bonds. The Morgan fingerprint density at radius 1 is 1.14 bits per heavy atom. The number of primary amides is 1. The van der Waals surface area contributed by atoms with Gasteiger partial charge in [-0.15, -0.1) is 0 Å². The molecule has 0 atom stereocenters. The summed E-state index contributed by atoms with van der Waals surface area (Å²) >= 11 is 0. The van der Waals surface area contributed by atoms with Gasteiger partial charge in [-0.05, 0) is 29.3 Å². The van der Waals surface area contributed by atoms with Gasteiger partial charge < -0.3 is 9.92 Å². The van der Waals surface area contributed by atoms with Crippen molar-refractivity contribution in [1.82, 2.24) is 0 Å². The Morgan fingerprint density at radius 2 is 1.75 bits per heavy atom. The second-order valence-corrected chi connectivity index (χ2v) is 6.78. The van der Waals surface area contributed by atoms with Gasteiger partial charge in [0.2, 0.25) is 5.91 Å². The number of nitro groups is 1. The van der Waals surface area contributed by atoms with Gasteiger partial charge in [0.05, 0.1) is 10.5 Å². The zero-order valence-electron chi connectivity index (χ0n) is 13.7. The van der Waals surface area contributed by atoms with Crippen LogP contribution in [0.2, 0.25) is 0 Å². The minimum atomic E-state index is -5.82. The Labute approximate surface area is 156 Å². The fourth-order valence-electron chi connectivity index (χ4n) is 2.17. The number of carbonyl (C=O) groups excluding carboxylic acids is 1. The molecule has 0 bridgehead atoms. The van der Waals surface area contributed by atoms with Crippen molar-refractivity contribution in [2.24, 2.45) is 5.73 Å². The number of nitrogens with zero attached hydrogens (tertiary/aromatic N) is 1. The number of halogens is 3. The number of hydrogen-bond donors (Lipinski definition) is 1. The van der Waals surface area contributed by atoms with E-state index in [1.165, 1.54) is 30.3 Å². The molecule has 0 heterocycles. The van der Waals surface area contributed by atoms with E-state index in [9.17, 15) is 36.5 Å². The normalized spacial score (nSPS) is 12.1. The number of alkyl halides is 3. The van der Waals surface area contributed by atoms with Crippen LogP contribution in [0, 0.1) is 10.1 Å². The first-order valence-corrected chi connectivity index (χ1v) is 8.69. The molecule has 2 aromatic carbocycles. The maximum absolute atomic E-state index is 12.4. The standard InChI is InChI=1S/C16H11F3N2O6S/c17-16(18,19)28(25,26)27-11-6-4-10(5-7-11)12-2-1-3-14(21(23)24)13(12)8-9-15(20)22/h1-9H,(H2,20,22). The summed E-state index contributed by atoms with van der Waals surface area (Å²) in [5.41, 5.74) is -0.327. The molecule has 0 saturated carbocycles. The van der Waals surface area contributed by atoms with Crippen LogP contribution in [-0.4, -0.2) is 24.8 Å². The highest BCUT2D eigenvalue weighted by atomic mass is 32.2. The van der Waals surface area contributed by atoms with E-state index in [2.05, 4.69) is 4.18 Å². The molecule has 0 radical (unpaired) electrons. The van der Waals surface area contributed by atoms with E-state index < -0.39 is 32.2 Å². The molecule has 0 aromatic heterocycles. The second-order valence-electron chi connectivity index (χ2n) is 5.24. The number of carbonyl (C=O) groups is 1. The molecule has 28 heavy (non-hydrogen) atoms. The summed E-state index contributed by atoms with van der Waals surface area (Å²) in [6, 6.07) is 8.36. The van der Waals surface area contributed by atoms with Gasteiger partial charge in [-0.25, -0.2) is 0 Å². The third-order valence-electron chi connectivity index (χ3n) is 3.35. The van der Waals surface area contributed by atoms with E-state index >= 15 is 0 Å². The number of nitrogens with two attached hydrogens (primary N) is 1. The maximum atomic E-state index is 12.4. The predicted molar refractivity (Wildman–Crippen MR) is 92.4 cm³/mol. The van der Waals surface area contributed by atoms with Crippen LogP contribution < -0.4 is 9.92 Å². The number of amides is 1. The van der Waals surface area contributed by atoms with Crippen LogP contribution in [0.15, 0.2) is 48.5 Å². The predicted octanol–water partition coefficient (Wildman–Crippen LogP) is 2.99. The summed E-state index contributed by atoms with van der Waals surface area (Å²) in [5.74, 6) is -1.44. The molecule has 0 saturated heterocycles. The lowest BCUT2D eigenvalue weighted by molar-refractivity contribution is -0.385. The molecule has 0 unspecified atom stereocenters. The summed E-state index contributed by atoms with van der Waals surface area (Å²) in [6.45, 7) is 0. The second kappa shape index (κ2) is 7.68. The summed E-state index contributed by atoms with van der Waals surface area (Å²) in [4.78, 5) is 21.5. The Kier molecular flexibility index (Phi) is 5.73. The van der Waals surface area contributed by atoms with Gasteiger partial charge in [-0.2, -0.15) is 21.6 Å². The fourth-order valence-corrected chi connectivity index (χ4v) is 2.63. The lowest BCUT2D eigenvalue weighted by Gasteiger charge is -2.11. The molecule has 0 aliphatic rings. The highest BCUT2D eigenvalue weighted by Gasteiger charge is 2.48. The average Bonchev–Trinajstić information content (AvgIpc) is 2.59. The molecule has 8 nitrogen and oxygen atoms in total. The Bertz CT molecular complexity index is 1050. The van der Waals surface area contributed by atoms with Gasteiger partial charge >= 0.3 is 15.6 Å². The van der Waals surface area contributed by atoms with Crippen LogP contribution in [0.5, 0.6) is 5.75 Å². The number of rotatable bonds is 6. The van der Waals surface area contributed by atoms with Crippen molar-refractivity contribution in [1.29, 1.82) is 0 Å². The van der Waals surface area contributed by atoms with E-state index in [-0.39, 0.29) is 16.8 Å². The molecule has 2 aromatic rings. The first-order valence-electron chi connectivity index (χ1n) is 7.28. The molecular formula is C16H11F3N2O6S. The van der Waals surface area contributed by atoms with E-state index in [4.69, 9.17) is 5.73 Å². The SMILES string of the molecule is NC(=O)C=Cc1c(-c2ccc(OS(=O)(=O)C(F)(F)F)cc2)cccc1[N+](=O)[O-]. The summed E-state index contributed by atoms with van der Waals surface area (Å²) in [6.07, 6.45) is 2.05. The Hall–Kier alpha value is -3.41. The minimum absolute atomic E-state index is 0.0304. The van der Waals surface area contributed by atoms with Crippen molar-refractivity contribution in [3.05, 3.63) is 64.2 Å². The highest BCUT2D eigenvalue weighted by Crippen LogP contribution is 2.33. The van der Waals surface area contributed by atoms with Gasteiger partial charge in [0.25, 0.3) is 5.69 Å².